The third kappa shape index (κ3) is 22.8. The van der Waals surface area contributed by atoms with Gasteiger partial charge in [-0.3, -0.25) is 0 Å². The Morgan fingerprint density at radius 2 is 0.808 bits per heavy atom. The first kappa shape index (κ1) is 71.3. The zero-order valence-electron chi connectivity index (χ0n) is 57.2. The van der Waals surface area contributed by atoms with Crippen LogP contribution in [0.3, 0.4) is 0 Å². The molecule has 12 nitrogen and oxygen atoms in total. The van der Waals surface area contributed by atoms with E-state index in [2.05, 4.69) is 320 Å². The molecule has 0 saturated carbocycles. The van der Waals surface area contributed by atoms with Crippen LogP contribution in [0.15, 0.2) is 56.2 Å². The van der Waals surface area contributed by atoms with Crippen molar-refractivity contribution in [3.63, 3.8) is 0 Å². The zero-order chi connectivity index (χ0) is 61.7. The number of nitrogens with one attached hydrogen (secondary N) is 3. The Balaban J connectivity index is 0.000000468. The lowest BCUT2D eigenvalue weighted by Gasteiger charge is -2.29. The Morgan fingerprint density at radius 1 is 0.372 bits per heavy atom. The van der Waals surface area contributed by atoms with Gasteiger partial charge in [0.1, 0.15) is 17.5 Å². The average Bonchev–Trinajstić information content (AvgIpc) is 4.06. The molecule has 12 heteroatoms. The fourth-order valence-electron chi connectivity index (χ4n) is 7.46. The van der Waals surface area contributed by atoms with Crippen LogP contribution < -0.4 is 0 Å². The molecule has 444 valence electrons. The lowest BCUT2D eigenvalue weighted by Crippen LogP contribution is -2.29. The molecule has 0 aromatic carbocycles. The first-order chi connectivity index (χ1) is 34.3. The maximum absolute atomic E-state index is 4.42. The summed E-state index contributed by atoms with van der Waals surface area (Å²) in [5, 5.41) is 0. The highest BCUT2D eigenvalue weighted by Crippen LogP contribution is 2.32. The molecular formula is C66H120N12. The molecule has 6 aromatic heterocycles. The first-order valence-corrected chi connectivity index (χ1v) is 28.6. The second kappa shape index (κ2) is 25.0. The third-order valence-electron chi connectivity index (χ3n) is 12.6. The summed E-state index contributed by atoms with van der Waals surface area (Å²) in [6.45, 7) is 78.8. The predicted molar refractivity (Wildman–Crippen MR) is 336 cm³/mol. The van der Waals surface area contributed by atoms with Crippen LogP contribution in [0.4, 0.5) is 0 Å². The summed E-state index contributed by atoms with van der Waals surface area (Å²) in [6, 6.07) is 0. The number of aromatic amines is 3. The first-order valence-electron chi connectivity index (χ1n) is 28.6. The maximum Gasteiger partial charge on any atom is 0.114 e. The normalized spacial score (nSPS) is 13.4. The van der Waals surface area contributed by atoms with Crippen LogP contribution in [0.1, 0.15) is 301 Å². The molecule has 0 aliphatic rings. The number of nitrogens with zero attached hydrogens (tertiary/aromatic N) is 9. The van der Waals surface area contributed by atoms with E-state index in [1.165, 1.54) is 28.5 Å². The van der Waals surface area contributed by atoms with Crippen LogP contribution in [0, 0.1) is 0 Å². The van der Waals surface area contributed by atoms with E-state index in [4.69, 9.17) is 0 Å². The fourth-order valence-corrected chi connectivity index (χ4v) is 7.46. The van der Waals surface area contributed by atoms with Gasteiger partial charge in [0.2, 0.25) is 0 Å². The second-order valence-electron chi connectivity index (χ2n) is 33.6. The minimum Gasteiger partial charge on any atom is -0.348 e. The number of H-pyrrole nitrogens is 3. The maximum atomic E-state index is 4.42. The van der Waals surface area contributed by atoms with E-state index in [0.29, 0.717) is 0 Å². The summed E-state index contributed by atoms with van der Waals surface area (Å²) in [5.74, 6) is 3.29. The SMILES string of the molecule is CC(C)(C)c1cn(C(C)(C)C)cn1.CC(C)(C)c1cnc(C(C)(C)C)[nH]1.CC(C)(C)c1cnc(C(C)(C)C)[nH]1.CC(C)(C)c1cncn1C(C)(C)C.CC(C)(C)c1nc[nH]c1C(C)(C)C.CC(C)(C)c1nccn1C(C)(C)C. The van der Waals surface area contributed by atoms with Crippen molar-refractivity contribution in [1.29, 1.82) is 0 Å². The van der Waals surface area contributed by atoms with Crippen LogP contribution in [-0.4, -0.2) is 58.6 Å². The van der Waals surface area contributed by atoms with E-state index in [1.54, 1.807) is 6.33 Å². The van der Waals surface area contributed by atoms with E-state index < -0.39 is 0 Å². The molecule has 3 N–H and O–H groups in total. The highest BCUT2D eigenvalue weighted by Gasteiger charge is 2.29. The summed E-state index contributed by atoms with van der Waals surface area (Å²) < 4.78 is 6.65. The molecule has 0 fully saturated rings. The van der Waals surface area contributed by atoms with Gasteiger partial charge in [0.25, 0.3) is 0 Å². The topological polar surface area (TPSA) is 140 Å². The number of hydrogen-bond acceptors (Lipinski definition) is 6. The van der Waals surface area contributed by atoms with Gasteiger partial charge in [0, 0.05) is 125 Å². The van der Waals surface area contributed by atoms with Crippen LogP contribution in [-0.2, 0) is 65.4 Å². The van der Waals surface area contributed by atoms with Gasteiger partial charge in [-0.1, -0.05) is 187 Å². The Labute approximate surface area is 478 Å². The van der Waals surface area contributed by atoms with E-state index in [-0.39, 0.29) is 65.4 Å². The summed E-state index contributed by atoms with van der Waals surface area (Å²) in [6.07, 6.45) is 17.6. The second-order valence-corrected chi connectivity index (χ2v) is 33.6. The highest BCUT2D eigenvalue weighted by molar-refractivity contribution is 5.26. The van der Waals surface area contributed by atoms with E-state index >= 15 is 0 Å². The molecule has 6 rings (SSSR count). The predicted octanol–water partition coefficient (Wildman–Crippen LogP) is 17.8. The van der Waals surface area contributed by atoms with Crippen molar-refractivity contribution < 1.29 is 0 Å². The Bertz CT molecular complexity index is 2200. The molecule has 0 aliphatic heterocycles. The summed E-state index contributed by atoms with van der Waals surface area (Å²) in [7, 11) is 0. The molecule has 6 aromatic rings. The number of rotatable bonds is 0. The van der Waals surface area contributed by atoms with Crippen LogP contribution in [0.25, 0.3) is 0 Å². The van der Waals surface area contributed by atoms with Gasteiger partial charge in [-0.2, -0.15) is 0 Å². The molecular weight excluding hydrogens is 961 g/mol. The lowest BCUT2D eigenvalue weighted by molar-refractivity contribution is 0.354. The number of hydrogen-bond donors (Lipinski definition) is 3. The standard InChI is InChI=1S/6C11H20N2/c1-10(2,3)8-9(11(4,5)6)13-7-12-8;1-10(2,3)9-7-13(8-12-9)11(4,5)6;1-10(2,3)9-7-12-8-13(9)11(4,5)6;1-10(2,3)9-12-7-8-13(9)11(4,5)6;2*1-10(2,3)8-7-12-9(13-8)11(4,5)6/h7H,1-6H3,(H,12,13);3*7-8H,1-6H3;2*7H,1-6H3,(H,12,13). The molecule has 0 spiro atoms. The van der Waals surface area contributed by atoms with Crippen LogP contribution in [0.2, 0.25) is 0 Å². The molecule has 0 bridgehead atoms. The Morgan fingerprint density at radius 3 is 1.04 bits per heavy atom. The van der Waals surface area contributed by atoms with Crippen LogP contribution in [0.5, 0.6) is 0 Å². The van der Waals surface area contributed by atoms with Crippen molar-refractivity contribution in [2.45, 2.75) is 315 Å². The van der Waals surface area contributed by atoms with Crippen molar-refractivity contribution in [3.05, 3.63) is 108 Å². The molecule has 0 radical (unpaired) electrons. The molecule has 6 heterocycles. The van der Waals surface area contributed by atoms with Gasteiger partial charge < -0.3 is 28.7 Å². The van der Waals surface area contributed by atoms with Crippen LogP contribution >= 0.6 is 0 Å². The van der Waals surface area contributed by atoms with Gasteiger partial charge in [-0.05, 0) is 62.3 Å². The summed E-state index contributed by atoms with van der Waals surface area (Å²) >= 11 is 0. The number of imidazole rings is 6. The van der Waals surface area contributed by atoms with Crippen molar-refractivity contribution in [2.75, 3.05) is 0 Å². The van der Waals surface area contributed by atoms with Crippen molar-refractivity contribution in [2.24, 2.45) is 0 Å². The third-order valence-corrected chi connectivity index (χ3v) is 12.6. The zero-order valence-corrected chi connectivity index (χ0v) is 57.2. The Hall–Kier alpha value is -4.74. The minimum absolute atomic E-state index is 0.115. The largest absolute Gasteiger partial charge is 0.348 e. The fraction of sp³-hybridized carbons (Fsp3) is 0.727. The molecule has 0 amide bonds. The Kier molecular flexibility index (Phi) is 22.8. The molecule has 0 aliphatic carbocycles. The smallest absolute Gasteiger partial charge is 0.114 e. The molecule has 0 unspecified atom stereocenters. The molecule has 0 atom stereocenters. The van der Waals surface area contributed by atoms with Gasteiger partial charge in [0.05, 0.1) is 30.4 Å². The minimum atomic E-state index is 0.115. The van der Waals surface area contributed by atoms with Gasteiger partial charge in [-0.25, -0.2) is 29.9 Å². The van der Waals surface area contributed by atoms with Gasteiger partial charge >= 0.3 is 0 Å². The molecule has 0 saturated heterocycles. The monoisotopic (exact) mass is 1080 g/mol. The van der Waals surface area contributed by atoms with Crippen molar-refractivity contribution in [3.8, 4) is 0 Å². The molecule has 78 heavy (non-hydrogen) atoms. The van der Waals surface area contributed by atoms with Crippen molar-refractivity contribution >= 4 is 0 Å². The highest BCUT2D eigenvalue weighted by atomic mass is 15.1. The number of aromatic nitrogens is 12. The van der Waals surface area contributed by atoms with Gasteiger partial charge in [-0.15, -0.1) is 0 Å². The lowest BCUT2D eigenvalue weighted by atomic mass is 9.82. The summed E-state index contributed by atoms with van der Waals surface area (Å²) in [5.41, 5.74) is 8.95. The van der Waals surface area contributed by atoms with E-state index in [1.807, 2.05) is 37.4 Å². The average molecular weight is 1080 g/mol. The van der Waals surface area contributed by atoms with E-state index in [9.17, 15) is 0 Å². The quantitative estimate of drug-likeness (QED) is 0.138. The van der Waals surface area contributed by atoms with Crippen molar-refractivity contribution in [1.82, 2.24) is 58.6 Å². The van der Waals surface area contributed by atoms with E-state index in [0.717, 1.165) is 23.2 Å². The van der Waals surface area contributed by atoms with Gasteiger partial charge in [0.15, 0.2) is 0 Å². The summed E-state index contributed by atoms with van der Waals surface area (Å²) in [4.78, 5) is 36.3.